The van der Waals surface area contributed by atoms with Crippen LogP contribution in [-0.2, 0) is 0 Å². The molecule has 60 heavy (non-hydrogen) atoms. The van der Waals surface area contributed by atoms with Crippen LogP contribution in [0.25, 0.3) is 0 Å². The highest BCUT2D eigenvalue weighted by atomic mass is 31.1. The molecule has 0 radical (unpaired) electrons. The van der Waals surface area contributed by atoms with Gasteiger partial charge in [-0.3, -0.25) is 14.4 Å². The molecule has 0 aliphatic heterocycles. The zero-order valence-corrected chi connectivity index (χ0v) is 32.7. The average molecular weight is 870 g/mol. The van der Waals surface area contributed by atoms with Gasteiger partial charge in [0, 0.05) is 29.8 Å². The molecule has 0 saturated heterocycles. The summed E-state index contributed by atoms with van der Waals surface area (Å²) < 4.78 is 0. The van der Waals surface area contributed by atoms with Gasteiger partial charge in [-0.1, -0.05) is 36.4 Å². The van der Waals surface area contributed by atoms with Crippen LogP contribution in [0.3, 0.4) is 0 Å². The predicted molar refractivity (Wildman–Crippen MR) is 211 cm³/mol. The highest BCUT2D eigenvalue weighted by Crippen LogP contribution is 2.33. The van der Waals surface area contributed by atoms with Crippen molar-refractivity contribution in [2.24, 2.45) is 0 Å². The van der Waals surface area contributed by atoms with Gasteiger partial charge in [0.1, 0.15) is 54.9 Å². The van der Waals surface area contributed by atoms with Crippen LogP contribution in [0, 0.1) is 0 Å². The summed E-state index contributed by atoms with van der Waals surface area (Å²) >= 11 is 0. The second kappa shape index (κ2) is 23.8. The minimum atomic E-state index is -2.05. The van der Waals surface area contributed by atoms with Crippen molar-refractivity contribution in [2.45, 2.75) is 73.4 Å². The predicted octanol–water partition coefficient (Wildman–Crippen LogP) is -8.10. The number of aliphatic hydroxyl groups excluding tert-OH is 15. The fourth-order valence-electron chi connectivity index (χ4n) is 5.52. The smallest absolute Gasteiger partial charge is 0.253 e. The van der Waals surface area contributed by atoms with Gasteiger partial charge in [0.15, 0.2) is 6.23 Å². The van der Waals surface area contributed by atoms with E-state index >= 15 is 0 Å². The Labute approximate surface area is 343 Å². The number of aliphatic hydroxyl groups is 15. The van der Waals surface area contributed by atoms with Gasteiger partial charge in [0.05, 0.1) is 32.0 Å². The Hall–Kier alpha value is -4.10. The minimum Gasteiger partial charge on any atom is -0.394 e. The zero-order valence-electron chi connectivity index (χ0n) is 31.8. The third-order valence-corrected chi connectivity index (χ3v) is 11.7. The van der Waals surface area contributed by atoms with Crippen molar-refractivity contribution >= 4 is 41.6 Å². The van der Waals surface area contributed by atoms with Gasteiger partial charge in [-0.2, -0.15) is 0 Å². The van der Waals surface area contributed by atoms with Gasteiger partial charge < -0.3 is 92.5 Å². The first-order valence-corrected chi connectivity index (χ1v) is 19.7. The summed E-state index contributed by atoms with van der Waals surface area (Å²) in [6.45, 7) is -3.74. The van der Waals surface area contributed by atoms with Crippen molar-refractivity contribution in [3.8, 4) is 0 Å². The monoisotopic (exact) mass is 869 g/mol. The number of benzene rings is 3. The second-order valence-electron chi connectivity index (χ2n) is 13.6. The van der Waals surface area contributed by atoms with E-state index in [1.165, 1.54) is 36.4 Å². The molecule has 22 heteroatoms. The molecule has 12 atom stereocenters. The fourth-order valence-corrected chi connectivity index (χ4v) is 7.76. The van der Waals surface area contributed by atoms with Crippen LogP contribution in [0.4, 0.5) is 0 Å². The number of carbonyl (C=O) groups excluding carboxylic acids is 3. The molecule has 21 nitrogen and oxygen atoms in total. The molecule has 0 fully saturated rings. The normalized spacial score (nSPS) is 18.2. The summed E-state index contributed by atoms with van der Waals surface area (Å²) in [5, 5.41) is 155. The van der Waals surface area contributed by atoms with E-state index in [0.717, 1.165) is 0 Å². The molecular formula is C38H52N3O18P. The maximum atomic E-state index is 12.9. The molecule has 3 aromatic carbocycles. The van der Waals surface area contributed by atoms with Crippen molar-refractivity contribution in [1.82, 2.24) is 16.0 Å². The first-order chi connectivity index (χ1) is 28.4. The lowest BCUT2D eigenvalue weighted by molar-refractivity contribution is -0.119. The fraction of sp³-hybridized carbons (Fsp3) is 0.447. The van der Waals surface area contributed by atoms with Gasteiger partial charge in [0.2, 0.25) is 0 Å². The Bertz CT molecular complexity index is 1710. The molecule has 0 bridgehead atoms. The highest BCUT2D eigenvalue weighted by Gasteiger charge is 2.33. The molecule has 0 aliphatic rings. The SMILES string of the molecule is O=C(NCC(O)C(O)C(O)C(O)CO)c1ccc(P(c2ccc(C(=O)NCC(O)C(O)C(O)C(O)CO)cc2)c2ccc(C(=O)NC(O)C(O)C(O)C(O)CO)cc2)cc1. The molecule has 3 rings (SSSR count). The molecule has 3 amide bonds. The quantitative estimate of drug-likeness (QED) is 0.0311. The van der Waals surface area contributed by atoms with E-state index in [9.17, 15) is 75.7 Å². The maximum absolute atomic E-state index is 12.9. The van der Waals surface area contributed by atoms with Gasteiger partial charge >= 0.3 is 0 Å². The van der Waals surface area contributed by atoms with E-state index in [0.29, 0.717) is 15.9 Å². The number of carbonyl (C=O) groups is 3. The summed E-state index contributed by atoms with van der Waals surface area (Å²) in [5.74, 6) is -2.23. The minimum absolute atomic E-state index is 0.00701. The largest absolute Gasteiger partial charge is 0.394 e. The van der Waals surface area contributed by atoms with Crippen molar-refractivity contribution in [3.63, 3.8) is 0 Å². The Kier molecular flexibility index (Phi) is 19.9. The van der Waals surface area contributed by atoms with Crippen LogP contribution < -0.4 is 31.9 Å². The molecule has 0 aromatic heterocycles. The topological polar surface area (TPSA) is 391 Å². The van der Waals surface area contributed by atoms with Crippen LogP contribution in [0.1, 0.15) is 31.1 Å². The lowest BCUT2D eigenvalue weighted by Gasteiger charge is -2.26. The molecule has 18 N–H and O–H groups in total. The van der Waals surface area contributed by atoms with Crippen LogP contribution >= 0.6 is 7.92 Å². The first kappa shape index (κ1) is 50.3. The molecular weight excluding hydrogens is 817 g/mol. The van der Waals surface area contributed by atoms with Gasteiger partial charge in [-0.25, -0.2) is 0 Å². The third kappa shape index (κ3) is 13.4. The number of rotatable bonds is 23. The summed E-state index contributed by atoms with van der Waals surface area (Å²) in [4.78, 5) is 38.7. The van der Waals surface area contributed by atoms with Gasteiger partial charge in [-0.15, -0.1) is 0 Å². The average Bonchev–Trinajstić information content (AvgIpc) is 3.27. The first-order valence-electron chi connectivity index (χ1n) is 18.3. The summed E-state index contributed by atoms with van der Waals surface area (Å²) in [6.07, 6.45) is -22.3. The Morgan fingerprint density at radius 1 is 0.400 bits per heavy atom. The van der Waals surface area contributed by atoms with Crippen LogP contribution in [0.5, 0.6) is 0 Å². The van der Waals surface area contributed by atoms with Crippen LogP contribution in [-0.4, -0.2) is 201 Å². The Balaban J connectivity index is 1.86. The van der Waals surface area contributed by atoms with Gasteiger partial charge in [0.25, 0.3) is 17.7 Å². The maximum Gasteiger partial charge on any atom is 0.253 e. The number of hydrogen-bond acceptors (Lipinski definition) is 18. The standard InChI is InChI=1S/C38H52N3O18P/c42-15-26(47)31(52)29(50)24(45)13-39-35(56)18-1-7-21(8-2-18)60(23-11-5-20(6-12-23)37(58)41-38(59)34(55)33(54)28(49)17-44)22-9-3-19(4-10-22)36(57)40-14-25(46)30(51)32(53)27(48)16-43/h1-12,24-34,38,42-55,59H,13-17H2,(H,39,56)(H,40,57)(H,41,58). The Morgan fingerprint density at radius 2 is 0.667 bits per heavy atom. The van der Waals surface area contributed by atoms with E-state index in [1.807, 2.05) is 0 Å². The Morgan fingerprint density at radius 3 is 0.967 bits per heavy atom. The lowest BCUT2D eigenvalue weighted by Crippen LogP contribution is -2.52. The third-order valence-electron chi connectivity index (χ3n) is 9.29. The van der Waals surface area contributed by atoms with Crippen molar-refractivity contribution in [2.75, 3.05) is 32.9 Å². The summed E-state index contributed by atoms with van der Waals surface area (Å²) in [6, 6.07) is 18.3. The molecule has 0 spiro atoms. The van der Waals surface area contributed by atoms with Crippen LogP contribution in [0.2, 0.25) is 0 Å². The second-order valence-corrected chi connectivity index (χ2v) is 15.9. The highest BCUT2D eigenvalue weighted by molar-refractivity contribution is 7.79. The molecule has 12 unspecified atom stereocenters. The van der Waals surface area contributed by atoms with Crippen molar-refractivity contribution in [1.29, 1.82) is 0 Å². The van der Waals surface area contributed by atoms with E-state index in [1.54, 1.807) is 36.4 Å². The number of hydrogen-bond donors (Lipinski definition) is 18. The van der Waals surface area contributed by atoms with E-state index in [4.69, 9.17) is 15.3 Å². The molecule has 0 saturated carbocycles. The van der Waals surface area contributed by atoms with Crippen LogP contribution in [0.15, 0.2) is 72.8 Å². The lowest BCUT2D eigenvalue weighted by atomic mass is 10.0. The molecule has 0 heterocycles. The summed E-state index contributed by atoms with van der Waals surface area (Å²) in [5.41, 5.74) is 0.245. The van der Waals surface area contributed by atoms with Crippen molar-refractivity contribution < 1.29 is 91.0 Å². The number of amides is 3. The summed E-state index contributed by atoms with van der Waals surface area (Å²) in [7, 11) is -1.53. The van der Waals surface area contributed by atoms with Gasteiger partial charge in [-0.05, 0) is 60.2 Å². The van der Waals surface area contributed by atoms with E-state index in [-0.39, 0.29) is 16.7 Å². The number of nitrogens with one attached hydrogen (secondary N) is 3. The zero-order chi connectivity index (χ0) is 44.8. The van der Waals surface area contributed by atoms with E-state index in [2.05, 4.69) is 16.0 Å². The molecule has 332 valence electrons. The van der Waals surface area contributed by atoms with E-state index < -0.39 is 132 Å². The van der Waals surface area contributed by atoms with Crippen molar-refractivity contribution in [3.05, 3.63) is 89.5 Å². The molecule has 3 aromatic rings. The molecule has 0 aliphatic carbocycles.